The maximum absolute atomic E-state index is 14.1. The first-order chi connectivity index (χ1) is 20.8. The van der Waals surface area contributed by atoms with Crippen molar-refractivity contribution in [2.75, 3.05) is 31.6 Å². The number of nitrogens with two attached hydrogens (primary N) is 1. The number of anilines is 1. The normalized spacial score (nSPS) is 28.1. The number of esters is 1. The molecule has 9 nitrogen and oxygen atoms in total. The SMILES string of the molecule is CCC1(CC)OC(=O)c2cc3cc(NC(=O)[C@@H]4[C@H](N5CCCCC5)CCN4C(=O)[C@H]4CC[C@H]([C@H](N)CF)CC4)ccc3n21. The lowest BCUT2D eigenvalue weighted by molar-refractivity contribution is -0.142. The monoisotopic (exact) mass is 595 g/mol. The van der Waals surface area contributed by atoms with Crippen LogP contribution in [0.1, 0.15) is 88.5 Å². The fraction of sp³-hybridized carbons (Fsp3) is 0.667. The predicted molar refractivity (Wildman–Crippen MR) is 163 cm³/mol. The highest BCUT2D eigenvalue weighted by atomic mass is 19.1. The van der Waals surface area contributed by atoms with Crippen LogP contribution in [0.2, 0.25) is 0 Å². The molecular weight excluding hydrogens is 549 g/mol. The van der Waals surface area contributed by atoms with E-state index in [0.29, 0.717) is 43.6 Å². The number of carbonyl (C=O) groups excluding carboxylic acids is 3. The third-order valence-corrected chi connectivity index (χ3v) is 10.8. The quantitative estimate of drug-likeness (QED) is 0.425. The molecule has 1 saturated carbocycles. The van der Waals surface area contributed by atoms with Gasteiger partial charge in [-0.25, -0.2) is 9.18 Å². The molecule has 3 aliphatic heterocycles. The lowest BCUT2D eigenvalue weighted by atomic mass is 9.78. The van der Waals surface area contributed by atoms with Crippen molar-refractivity contribution in [1.29, 1.82) is 0 Å². The first kappa shape index (κ1) is 30.1. The summed E-state index contributed by atoms with van der Waals surface area (Å²) in [6.07, 6.45) is 8.37. The summed E-state index contributed by atoms with van der Waals surface area (Å²) in [6.45, 7) is 5.95. The largest absolute Gasteiger partial charge is 0.434 e. The van der Waals surface area contributed by atoms with E-state index >= 15 is 0 Å². The van der Waals surface area contributed by atoms with E-state index in [1.54, 1.807) is 0 Å². The zero-order valence-electron chi connectivity index (χ0n) is 25.5. The Morgan fingerprint density at radius 1 is 1.05 bits per heavy atom. The van der Waals surface area contributed by atoms with Gasteiger partial charge in [0.15, 0.2) is 5.72 Å². The second-order valence-corrected chi connectivity index (χ2v) is 13.0. The Balaban J connectivity index is 1.23. The second kappa shape index (κ2) is 12.2. The van der Waals surface area contributed by atoms with Crippen LogP contribution in [0.15, 0.2) is 24.3 Å². The number of ether oxygens (including phenoxy) is 1. The van der Waals surface area contributed by atoms with E-state index in [1.165, 1.54) is 6.42 Å². The van der Waals surface area contributed by atoms with Crippen molar-refractivity contribution in [3.63, 3.8) is 0 Å². The maximum atomic E-state index is 14.1. The van der Waals surface area contributed by atoms with Crippen LogP contribution < -0.4 is 11.1 Å². The third kappa shape index (κ3) is 5.35. The predicted octanol–water partition coefficient (Wildman–Crippen LogP) is 4.78. The summed E-state index contributed by atoms with van der Waals surface area (Å²) in [5.41, 5.74) is 7.34. The van der Waals surface area contributed by atoms with E-state index in [4.69, 9.17) is 10.5 Å². The molecule has 43 heavy (non-hydrogen) atoms. The van der Waals surface area contributed by atoms with Crippen molar-refractivity contribution in [2.24, 2.45) is 17.6 Å². The number of piperidine rings is 1. The van der Waals surface area contributed by atoms with Gasteiger partial charge in [-0.15, -0.1) is 0 Å². The van der Waals surface area contributed by atoms with Gasteiger partial charge in [-0.3, -0.25) is 19.1 Å². The topological polar surface area (TPSA) is 110 Å². The van der Waals surface area contributed by atoms with Gasteiger partial charge in [0.2, 0.25) is 11.8 Å². The molecule has 0 spiro atoms. The molecular formula is C33H46FN5O4. The molecule has 234 valence electrons. The zero-order chi connectivity index (χ0) is 30.3. The summed E-state index contributed by atoms with van der Waals surface area (Å²) in [6, 6.07) is 6.51. The molecule has 0 radical (unpaired) electrons. The molecule has 2 amide bonds. The van der Waals surface area contributed by atoms with Gasteiger partial charge < -0.3 is 20.7 Å². The molecule has 1 aromatic carbocycles. The number of amides is 2. The molecule has 4 aliphatic rings. The van der Waals surface area contributed by atoms with Gasteiger partial charge in [-0.05, 0) is 88.2 Å². The summed E-state index contributed by atoms with van der Waals surface area (Å²) in [7, 11) is 0. The van der Waals surface area contributed by atoms with Crippen molar-refractivity contribution < 1.29 is 23.5 Å². The van der Waals surface area contributed by atoms with Crippen LogP contribution >= 0.6 is 0 Å². The minimum atomic E-state index is -0.693. The summed E-state index contributed by atoms with van der Waals surface area (Å²) >= 11 is 0. The minimum absolute atomic E-state index is 0.0212. The highest BCUT2D eigenvalue weighted by molar-refractivity contribution is 6.02. The highest BCUT2D eigenvalue weighted by Crippen LogP contribution is 2.41. The molecule has 3 fully saturated rings. The van der Waals surface area contributed by atoms with E-state index in [9.17, 15) is 18.8 Å². The Labute approximate surface area is 253 Å². The van der Waals surface area contributed by atoms with E-state index in [1.807, 2.05) is 47.6 Å². The van der Waals surface area contributed by atoms with E-state index in [2.05, 4.69) is 10.2 Å². The number of cyclic esters (lactones) is 1. The Morgan fingerprint density at radius 3 is 2.44 bits per heavy atom. The number of hydrogen-bond acceptors (Lipinski definition) is 6. The molecule has 3 N–H and O–H groups in total. The number of nitrogens with zero attached hydrogens (tertiary/aromatic N) is 3. The minimum Gasteiger partial charge on any atom is -0.434 e. The van der Waals surface area contributed by atoms with E-state index < -0.39 is 24.5 Å². The molecule has 1 aromatic heterocycles. The van der Waals surface area contributed by atoms with Crippen LogP contribution in [-0.2, 0) is 20.1 Å². The number of hydrogen-bond donors (Lipinski definition) is 2. The van der Waals surface area contributed by atoms with Crippen LogP contribution in [0.3, 0.4) is 0 Å². The highest BCUT2D eigenvalue weighted by Gasteiger charge is 2.47. The smallest absolute Gasteiger partial charge is 0.357 e. The van der Waals surface area contributed by atoms with Crippen LogP contribution in [0.4, 0.5) is 10.1 Å². The standard InChI is InChI=1S/C33H46FN5O4/c1-3-33(4-2)39-26-13-12-24(18-23(26)19-28(39)32(42)43-33)36-30(40)29-27(37-15-6-5-7-16-37)14-17-38(29)31(41)22-10-8-21(9-11-22)25(35)20-34/h12-13,18-19,21-22,25,27,29H,3-11,14-17,20,35H2,1-2H3,(H,36,40)/t21-,22-,25-,27-,29+/m1/s1. The number of benzene rings is 1. The lowest BCUT2D eigenvalue weighted by Gasteiger charge is -2.38. The number of carbonyl (C=O) groups is 3. The summed E-state index contributed by atoms with van der Waals surface area (Å²) in [5, 5.41) is 4.01. The number of alkyl halides is 1. The van der Waals surface area contributed by atoms with E-state index in [0.717, 1.165) is 56.1 Å². The number of nitrogens with one attached hydrogen (secondary N) is 1. The van der Waals surface area contributed by atoms with Crippen molar-refractivity contribution in [2.45, 2.75) is 102 Å². The fourth-order valence-corrected chi connectivity index (χ4v) is 8.21. The first-order valence-electron chi connectivity index (χ1n) is 16.4. The van der Waals surface area contributed by atoms with Gasteiger partial charge in [0, 0.05) is 48.5 Å². The fourth-order valence-electron chi connectivity index (χ4n) is 8.21. The Bertz CT molecular complexity index is 1360. The lowest BCUT2D eigenvalue weighted by Crippen LogP contribution is -2.55. The summed E-state index contributed by atoms with van der Waals surface area (Å²) < 4.78 is 20.9. The first-order valence-corrected chi connectivity index (χ1v) is 16.4. The Kier molecular flexibility index (Phi) is 8.52. The summed E-state index contributed by atoms with van der Waals surface area (Å²) in [5.74, 6) is -0.497. The Morgan fingerprint density at radius 2 is 1.77 bits per heavy atom. The Hall–Kier alpha value is -2.98. The molecule has 2 saturated heterocycles. The van der Waals surface area contributed by atoms with Gasteiger partial charge in [-0.1, -0.05) is 20.3 Å². The van der Waals surface area contributed by atoms with Crippen molar-refractivity contribution in [3.05, 3.63) is 30.0 Å². The van der Waals surface area contributed by atoms with Crippen molar-refractivity contribution in [3.8, 4) is 0 Å². The van der Waals surface area contributed by atoms with Crippen molar-refractivity contribution in [1.82, 2.24) is 14.4 Å². The van der Waals surface area contributed by atoms with Gasteiger partial charge in [0.1, 0.15) is 18.4 Å². The molecule has 10 heteroatoms. The van der Waals surface area contributed by atoms with Gasteiger partial charge in [0.05, 0.1) is 5.52 Å². The molecule has 1 aliphatic carbocycles. The van der Waals surface area contributed by atoms with Crippen LogP contribution in [0.25, 0.3) is 10.9 Å². The molecule has 2 aromatic rings. The molecule has 6 rings (SSSR count). The molecule has 0 unspecified atom stereocenters. The number of halogens is 1. The summed E-state index contributed by atoms with van der Waals surface area (Å²) in [4.78, 5) is 45.0. The van der Waals surface area contributed by atoms with Crippen LogP contribution in [0.5, 0.6) is 0 Å². The number of fused-ring (bicyclic) bond motifs is 3. The molecule has 0 bridgehead atoms. The third-order valence-electron chi connectivity index (χ3n) is 10.8. The second-order valence-electron chi connectivity index (χ2n) is 13.0. The maximum Gasteiger partial charge on any atom is 0.357 e. The van der Waals surface area contributed by atoms with E-state index in [-0.39, 0.29) is 35.7 Å². The molecule has 3 atom stereocenters. The van der Waals surface area contributed by atoms with Gasteiger partial charge in [0.25, 0.3) is 0 Å². The number of rotatable bonds is 8. The van der Waals surface area contributed by atoms with Crippen molar-refractivity contribution >= 4 is 34.4 Å². The molecule has 4 heterocycles. The van der Waals surface area contributed by atoms with Crippen LogP contribution in [0, 0.1) is 11.8 Å². The van der Waals surface area contributed by atoms with Gasteiger partial charge >= 0.3 is 5.97 Å². The number of aromatic nitrogens is 1. The zero-order valence-corrected chi connectivity index (χ0v) is 25.5. The average Bonchev–Trinajstić information content (AvgIpc) is 3.73. The van der Waals surface area contributed by atoms with Gasteiger partial charge in [-0.2, -0.15) is 0 Å². The van der Waals surface area contributed by atoms with Crippen LogP contribution in [-0.4, -0.2) is 76.6 Å². The number of likely N-dealkylation sites (tertiary alicyclic amines) is 2. The average molecular weight is 596 g/mol.